The lowest BCUT2D eigenvalue weighted by Crippen LogP contribution is -3.10. The molecule has 2 aromatic carbocycles. The molecule has 0 aliphatic carbocycles. The van der Waals surface area contributed by atoms with Gasteiger partial charge in [-0.05, 0) is 43.7 Å². The molecule has 0 aliphatic heterocycles. The van der Waals surface area contributed by atoms with Crippen molar-refractivity contribution in [2.75, 3.05) is 27.3 Å². The summed E-state index contributed by atoms with van der Waals surface area (Å²) in [5, 5.41) is 10.3. The second kappa shape index (κ2) is 9.12. The molecule has 3 aromatic rings. The van der Waals surface area contributed by atoms with E-state index in [9.17, 15) is 23.1 Å². The van der Waals surface area contributed by atoms with E-state index < -0.39 is 22.9 Å². The third-order valence-corrected chi connectivity index (χ3v) is 5.50. The van der Waals surface area contributed by atoms with E-state index in [1.807, 2.05) is 13.8 Å². The van der Waals surface area contributed by atoms with Gasteiger partial charge in [0.1, 0.15) is 12.3 Å². The standard InChI is InChI=1S/C23H24F3NO5/c1-5-27(6-2)12-15-16(28)9-8-14-20(29)19(22(23(24,25)26)32-21(14)15)13-7-10-17(30-3)18(11-13)31-4/h7-11,28H,5-6,12H2,1-4H3/p+1. The van der Waals surface area contributed by atoms with Gasteiger partial charge >= 0.3 is 6.18 Å². The number of alkyl halides is 3. The first kappa shape index (κ1) is 23.5. The molecule has 0 atom stereocenters. The highest BCUT2D eigenvalue weighted by molar-refractivity contribution is 5.87. The molecule has 0 unspecified atom stereocenters. The van der Waals surface area contributed by atoms with E-state index in [-0.39, 0.29) is 40.1 Å². The van der Waals surface area contributed by atoms with Crippen LogP contribution in [0.5, 0.6) is 17.2 Å². The minimum atomic E-state index is -4.94. The molecule has 0 bridgehead atoms. The number of phenolic OH excluding ortho intramolecular Hbond substituents is 1. The van der Waals surface area contributed by atoms with Gasteiger partial charge in [-0.25, -0.2) is 0 Å². The fourth-order valence-corrected chi connectivity index (χ4v) is 3.68. The van der Waals surface area contributed by atoms with Crippen molar-refractivity contribution in [2.45, 2.75) is 26.6 Å². The van der Waals surface area contributed by atoms with Crippen LogP contribution in [0.1, 0.15) is 25.2 Å². The molecule has 0 saturated carbocycles. The van der Waals surface area contributed by atoms with E-state index in [4.69, 9.17) is 13.9 Å². The highest BCUT2D eigenvalue weighted by Gasteiger charge is 2.40. The van der Waals surface area contributed by atoms with Crippen LogP contribution >= 0.6 is 0 Å². The summed E-state index contributed by atoms with van der Waals surface area (Å²) in [6.07, 6.45) is -4.94. The van der Waals surface area contributed by atoms with Gasteiger partial charge in [-0.3, -0.25) is 4.79 Å². The maximum Gasteiger partial charge on any atom is 0.450 e. The molecule has 0 spiro atoms. The van der Waals surface area contributed by atoms with Crippen molar-refractivity contribution in [3.05, 3.63) is 51.9 Å². The second-order valence-corrected chi connectivity index (χ2v) is 7.28. The van der Waals surface area contributed by atoms with Gasteiger partial charge in [0, 0.05) is 0 Å². The van der Waals surface area contributed by atoms with Gasteiger partial charge in [0.25, 0.3) is 0 Å². The quantitative estimate of drug-likeness (QED) is 0.573. The number of hydrogen-bond donors (Lipinski definition) is 2. The Balaban J connectivity index is 2.37. The normalized spacial score (nSPS) is 11.9. The molecule has 0 amide bonds. The Labute approximate surface area is 182 Å². The van der Waals surface area contributed by atoms with Gasteiger partial charge in [-0.15, -0.1) is 0 Å². The highest BCUT2D eigenvalue weighted by Crippen LogP contribution is 2.40. The number of hydrogen-bond acceptors (Lipinski definition) is 5. The molecule has 1 aromatic heterocycles. The molecule has 0 saturated heterocycles. The lowest BCUT2D eigenvalue weighted by Gasteiger charge is -2.19. The van der Waals surface area contributed by atoms with Crippen LogP contribution in [-0.2, 0) is 12.7 Å². The largest absolute Gasteiger partial charge is 0.507 e. The SMILES string of the molecule is CC[NH+](CC)Cc1c(O)ccc2c(=O)c(-c3ccc(OC)c(OC)c3)c(C(F)(F)F)oc12. The van der Waals surface area contributed by atoms with Gasteiger partial charge < -0.3 is 23.9 Å². The molecular weight excluding hydrogens is 427 g/mol. The number of phenols is 1. The van der Waals surface area contributed by atoms with Crippen LogP contribution in [0.25, 0.3) is 22.1 Å². The van der Waals surface area contributed by atoms with Crippen molar-refractivity contribution < 1.29 is 37.1 Å². The van der Waals surface area contributed by atoms with E-state index in [0.717, 1.165) is 4.90 Å². The number of methoxy groups -OCH3 is 2. The first-order chi connectivity index (χ1) is 15.2. The lowest BCUT2D eigenvalue weighted by molar-refractivity contribution is -0.910. The summed E-state index contributed by atoms with van der Waals surface area (Å²) in [5.41, 5.74) is -1.58. The molecule has 3 rings (SSSR count). The van der Waals surface area contributed by atoms with Crippen LogP contribution in [0.2, 0.25) is 0 Å². The lowest BCUT2D eigenvalue weighted by atomic mass is 9.99. The Morgan fingerprint density at radius 1 is 1.03 bits per heavy atom. The topological polar surface area (TPSA) is 73.3 Å². The summed E-state index contributed by atoms with van der Waals surface area (Å²) in [5.74, 6) is -1.16. The molecule has 172 valence electrons. The van der Waals surface area contributed by atoms with E-state index in [1.54, 1.807) is 0 Å². The number of benzene rings is 2. The zero-order chi connectivity index (χ0) is 23.6. The fourth-order valence-electron chi connectivity index (χ4n) is 3.68. The summed E-state index contributed by atoms with van der Waals surface area (Å²) >= 11 is 0. The summed E-state index contributed by atoms with van der Waals surface area (Å²) in [6.45, 7) is 5.44. The van der Waals surface area contributed by atoms with Crippen LogP contribution < -0.4 is 19.8 Å². The number of halogens is 3. The van der Waals surface area contributed by atoms with Crippen LogP contribution in [0.15, 0.2) is 39.5 Å². The summed E-state index contributed by atoms with van der Waals surface area (Å²) in [4.78, 5) is 14.3. The van der Waals surface area contributed by atoms with E-state index in [2.05, 4.69) is 0 Å². The van der Waals surface area contributed by atoms with Gasteiger partial charge in [-0.2, -0.15) is 13.2 Å². The Morgan fingerprint density at radius 3 is 2.25 bits per heavy atom. The van der Waals surface area contributed by atoms with E-state index >= 15 is 0 Å². The fraction of sp³-hybridized carbons (Fsp3) is 0.348. The molecule has 9 heteroatoms. The molecular formula is C23H25F3NO5+. The van der Waals surface area contributed by atoms with Crippen molar-refractivity contribution >= 4 is 11.0 Å². The third-order valence-electron chi connectivity index (χ3n) is 5.50. The van der Waals surface area contributed by atoms with Crippen molar-refractivity contribution in [2.24, 2.45) is 0 Å². The number of ether oxygens (including phenoxy) is 2. The molecule has 6 nitrogen and oxygen atoms in total. The van der Waals surface area contributed by atoms with Crippen molar-refractivity contribution in [3.8, 4) is 28.4 Å². The maximum absolute atomic E-state index is 14.0. The van der Waals surface area contributed by atoms with Gasteiger partial charge in [0.15, 0.2) is 17.1 Å². The maximum atomic E-state index is 14.0. The van der Waals surface area contributed by atoms with E-state index in [0.29, 0.717) is 18.8 Å². The summed E-state index contributed by atoms with van der Waals surface area (Å²) < 4.78 is 57.8. The first-order valence-corrected chi connectivity index (χ1v) is 10.1. The molecule has 0 fully saturated rings. The molecule has 1 heterocycles. The number of nitrogens with one attached hydrogen (secondary N) is 1. The van der Waals surface area contributed by atoms with Gasteiger partial charge in [-0.1, -0.05) is 6.07 Å². The van der Waals surface area contributed by atoms with Crippen LogP contribution in [0, 0.1) is 0 Å². The Hall–Kier alpha value is -3.20. The van der Waals surface area contributed by atoms with E-state index in [1.165, 1.54) is 44.6 Å². The van der Waals surface area contributed by atoms with Crippen LogP contribution in [-0.4, -0.2) is 32.4 Å². The predicted octanol–water partition coefficient (Wildman–Crippen LogP) is 3.63. The highest BCUT2D eigenvalue weighted by atomic mass is 19.4. The van der Waals surface area contributed by atoms with Crippen LogP contribution in [0.3, 0.4) is 0 Å². The minimum absolute atomic E-state index is 0.0189. The molecule has 32 heavy (non-hydrogen) atoms. The predicted molar refractivity (Wildman–Crippen MR) is 113 cm³/mol. The Bertz CT molecular complexity index is 1180. The molecule has 0 aliphatic rings. The smallest absolute Gasteiger partial charge is 0.450 e. The number of quaternary nitrogens is 1. The minimum Gasteiger partial charge on any atom is -0.507 e. The molecule has 2 N–H and O–H groups in total. The monoisotopic (exact) mass is 452 g/mol. The Kier molecular flexibility index (Phi) is 6.68. The third kappa shape index (κ3) is 4.25. The average molecular weight is 452 g/mol. The number of rotatable bonds is 7. The first-order valence-electron chi connectivity index (χ1n) is 10.1. The van der Waals surface area contributed by atoms with Crippen molar-refractivity contribution in [3.63, 3.8) is 0 Å². The Morgan fingerprint density at radius 2 is 1.69 bits per heavy atom. The molecule has 0 radical (unpaired) electrons. The number of aromatic hydroxyl groups is 1. The van der Waals surface area contributed by atoms with Crippen molar-refractivity contribution in [1.29, 1.82) is 0 Å². The zero-order valence-electron chi connectivity index (χ0n) is 18.2. The zero-order valence-corrected chi connectivity index (χ0v) is 18.2. The number of fused-ring (bicyclic) bond motifs is 1. The summed E-state index contributed by atoms with van der Waals surface area (Å²) in [6, 6.07) is 6.65. The summed E-state index contributed by atoms with van der Waals surface area (Å²) in [7, 11) is 2.74. The average Bonchev–Trinajstić information content (AvgIpc) is 2.77. The second-order valence-electron chi connectivity index (χ2n) is 7.28. The van der Waals surface area contributed by atoms with Crippen molar-refractivity contribution in [1.82, 2.24) is 0 Å². The van der Waals surface area contributed by atoms with Gasteiger partial charge in [0.05, 0.1) is 43.8 Å². The van der Waals surface area contributed by atoms with Crippen LogP contribution in [0.4, 0.5) is 13.2 Å². The van der Waals surface area contributed by atoms with Gasteiger partial charge in [0.2, 0.25) is 11.2 Å².